The van der Waals surface area contributed by atoms with E-state index in [0.717, 1.165) is 34.6 Å². The Kier molecular flexibility index (Phi) is 4.29. The Labute approximate surface area is 152 Å². The number of nitrogens with zero attached hydrogens (tertiary/aromatic N) is 3. The first kappa shape index (κ1) is 16.5. The van der Waals surface area contributed by atoms with Gasteiger partial charge < -0.3 is 5.11 Å². The van der Waals surface area contributed by atoms with Crippen LogP contribution in [0.4, 0.5) is 0 Å². The number of carbonyl (C=O) groups is 1. The van der Waals surface area contributed by atoms with Crippen molar-refractivity contribution in [1.29, 1.82) is 0 Å². The van der Waals surface area contributed by atoms with Gasteiger partial charge in [0.05, 0.1) is 11.3 Å². The number of aromatic carboxylic acids is 1. The maximum Gasteiger partial charge on any atom is 0.335 e. The fourth-order valence-corrected chi connectivity index (χ4v) is 3.15. The van der Waals surface area contributed by atoms with Crippen molar-refractivity contribution in [3.8, 4) is 11.3 Å². The van der Waals surface area contributed by atoms with E-state index in [1.54, 1.807) is 18.3 Å². The zero-order valence-electron chi connectivity index (χ0n) is 14.7. The molecule has 0 spiro atoms. The van der Waals surface area contributed by atoms with Crippen molar-refractivity contribution in [2.24, 2.45) is 5.92 Å². The molecule has 0 radical (unpaired) electrons. The number of pyridine rings is 1. The molecule has 0 unspecified atom stereocenters. The van der Waals surface area contributed by atoms with E-state index in [9.17, 15) is 9.90 Å². The van der Waals surface area contributed by atoms with E-state index in [1.165, 1.54) is 12.8 Å². The van der Waals surface area contributed by atoms with Crippen molar-refractivity contribution in [2.45, 2.75) is 32.7 Å². The Bertz CT molecular complexity index is 940. The van der Waals surface area contributed by atoms with Crippen molar-refractivity contribution >= 4 is 5.97 Å². The van der Waals surface area contributed by atoms with E-state index < -0.39 is 5.97 Å². The summed E-state index contributed by atoms with van der Waals surface area (Å²) in [6.07, 6.45) is 6.72. The van der Waals surface area contributed by atoms with Gasteiger partial charge in [0.1, 0.15) is 0 Å². The summed E-state index contributed by atoms with van der Waals surface area (Å²) in [5, 5.41) is 13.9. The van der Waals surface area contributed by atoms with E-state index in [0.29, 0.717) is 17.9 Å². The molecule has 26 heavy (non-hydrogen) atoms. The lowest BCUT2D eigenvalue weighted by Crippen LogP contribution is -2.05. The highest BCUT2D eigenvalue weighted by molar-refractivity contribution is 5.89. The maximum absolute atomic E-state index is 11.6. The summed E-state index contributed by atoms with van der Waals surface area (Å²) in [4.78, 5) is 16.0. The molecule has 0 amide bonds. The van der Waals surface area contributed by atoms with E-state index in [1.807, 2.05) is 42.1 Å². The number of aromatic nitrogens is 3. The normalized spacial score (nSPS) is 13.7. The molecule has 1 aromatic carbocycles. The van der Waals surface area contributed by atoms with Crippen LogP contribution >= 0.6 is 0 Å². The van der Waals surface area contributed by atoms with Crippen LogP contribution in [0.1, 0.15) is 40.0 Å². The highest BCUT2D eigenvalue weighted by atomic mass is 16.4. The number of carboxylic acid groups (broad SMARTS) is 1. The van der Waals surface area contributed by atoms with Crippen LogP contribution in [0.25, 0.3) is 11.3 Å². The molecule has 5 nitrogen and oxygen atoms in total. The van der Waals surface area contributed by atoms with E-state index in [2.05, 4.69) is 10.1 Å². The Morgan fingerprint density at radius 2 is 2.08 bits per heavy atom. The lowest BCUT2D eigenvalue weighted by Gasteiger charge is -2.11. The third-order valence-electron chi connectivity index (χ3n) is 4.74. The maximum atomic E-state index is 11.6. The van der Waals surface area contributed by atoms with Crippen LogP contribution in [0.2, 0.25) is 0 Å². The molecule has 1 fully saturated rings. The molecule has 2 aromatic heterocycles. The molecule has 0 saturated heterocycles. The van der Waals surface area contributed by atoms with Gasteiger partial charge >= 0.3 is 5.97 Å². The van der Waals surface area contributed by atoms with Gasteiger partial charge in [0.15, 0.2) is 0 Å². The average Bonchev–Trinajstić information content (AvgIpc) is 3.32. The summed E-state index contributed by atoms with van der Waals surface area (Å²) < 4.78 is 1.99. The van der Waals surface area contributed by atoms with Crippen LogP contribution in [-0.2, 0) is 13.0 Å². The smallest absolute Gasteiger partial charge is 0.335 e. The lowest BCUT2D eigenvalue weighted by atomic mass is 10.00. The molecule has 2 heterocycles. The molecule has 0 atom stereocenters. The van der Waals surface area contributed by atoms with Gasteiger partial charge in [-0.05, 0) is 67.1 Å². The second-order valence-corrected chi connectivity index (χ2v) is 7.07. The molecule has 0 aliphatic heterocycles. The third-order valence-corrected chi connectivity index (χ3v) is 4.74. The second-order valence-electron chi connectivity index (χ2n) is 7.07. The molecule has 132 valence electrons. The lowest BCUT2D eigenvalue weighted by molar-refractivity contribution is 0.0697. The number of carboxylic acids is 1. The standard InChI is InChI=1S/C21H21N3O2/c1-14-2-5-19(22-12-14)10-16-8-17(11-18(9-16)21(25)26)20-6-7-23-24(20)13-15-3-4-15/h2,5-9,11-12,15H,3-4,10,13H2,1H3,(H,25,26). The first-order valence-electron chi connectivity index (χ1n) is 8.89. The van der Waals surface area contributed by atoms with Gasteiger partial charge in [-0.3, -0.25) is 9.67 Å². The topological polar surface area (TPSA) is 68.0 Å². The van der Waals surface area contributed by atoms with E-state index in [4.69, 9.17) is 0 Å². The average molecular weight is 347 g/mol. The zero-order valence-corrected chi connectivity index (χ0v) is 14.7. The second kappa shape index (κ2) is 6.75. The molecule has 1 aliphatic carbocycles. The quantitative estimate of drug-likeness (QED) is 0.733. The predicted molar refractivity (Wildman–Crippen MR) is 99.1 cm³/mol. The molecular formula is C21H21N3O2. The van der Waals surface area contributed by atoms with Crippen molar-refractivity contribution in [3.63, 3.8) is 0 Å². The summed E-state index contributed by atoms with van der Waals surface area (Å²) in [6, 6.07) is 11.5. The highest BCUT2D eigenvalue weighted by Crippen LogP contribution is 2.32. The Hall–Kier alpha value is -2.95. The van der Waals surface area contributed by atoms with Gasteiger partial charge in [0.2, 0.25) is 0 Å². The predicted octanol–water partition coefficient (Wildman–Crippen LogP) is 3.95. The number of benzene rings is 1. The number of rotatable bonds is 6. The SMILES string of the molecule is Cc1ccc(Cc2cc(C(=O)O)cc(-c3ccnn3CC3CC3)c2)nc1. The first-order valence-corrected chi connectivity index (χ1v) is 8.89. The minimum absolute atomic E-state index is 0.295. The number of hydrogen-bond acceptors (Lipinski definition) is 3. The molecule has 3 aromatic rings. The van der Waals surface area contributed by atoms with Gasteiger partial charge in [-0.1, -0.05) is 6.07 Å². The Morgan fingerprint density at radius 3 is 2.77 bits per heavy atom. The van der Waals surface area contributed by atoms with Crippen LogP contribution in [0.5, 0.6) is 0 Å². The Morgan fingerprint density at radius 1 is 1.23 bits per heavy atom. The summed E-state index contributed by atoms with van der Waals surface area (Å²) in [7, 11) is 0. The summed E-state index contributed by atoms with van der Waals surface area (Å²) in [5.41, 5.74) is 5.13. The van der Waals surface area contributed by atoms with Crippen molar-refractivity contribution in [2.75, 3.05) is 0 Å². The molecule has 1 N–H and O–H groups in total. The first-order chi connectivity index (χ1) is 12.6. The minimum Gasteiger partial charge on any atom is -0.478 e. The molecule has 0 bridgehead atoms. The number of hydrogen-bond donors (Lipinski definition) is 1. The van der Waals surface area contributed by atoms with Gasteiger partial charge in [-0.2, -0.15) is 5.10 Å². The summed E-state index contributed by atoms with van der Waals surface area (Å²) >= 11 is 0. The molecule has 1 aliphatic rings. The van der Waals surface area contributed by atoms with Gasteiger partial charge in [-0.25, -0.2) is 4.79 Å². The largest absolute Gasteiger partial charge is 0.478 e. The van der Waals surface area contributed by atoms with Gasteiger partial charge in [0, 0.05) is 36.6 Å². The van der Waals surface area contributed by atoms with Crippen molar-refractivity contribution in [3.05, 3.63) is 71.2 Å². The van der Waals surface area contributed by atoms with Gasteiger partial charge in [-0.15, -0.1) is 0 Å². The molecule has 5 heteroatoms. The summed E-state index contributed by atoms with van der Waals surface area (Å²) in [6.45, 7) is 2.90. The minimum atomic E-state index is -0.918. The number of aryl methyl sites for hydroxylation is 1. The fourth-order valence-electron chi connectivity index (χ4n) is 3.15. The highest BCUT2D eigenvalue weighted by Gasteiger charge is 2.23. The van der Waals surface area contributed by atoms with Crippen LogP contribution in [0.15, 0.2) is 48.8 Å². The van der Waals surface area contributed by atoms with Crippen LogP contribution in [0.3, 0.4) is 0 Å². The van der Waals surface area contributed by atoms with Crippen LogP contribution < -0.4 is 0 Å². The van der Waals surface area contributed by atoms with Gasteiger partial charge in [0.25, 0.3) is 0 Å². The molecular weight excluding hydrogens is 326 g/mol. The van der Waals surface area contributed by atoms with E-state index in [-0.39, 0.29) is 0 Å². The van der Waals surface area contributed by atoms with Crippen molar-refractivity contribution in [1.82, 2.24) is 14.8 Å². The van der Waals surface area contributed by atoms with Crippen LogP contribution in [-0.4, -0.2) is 25.8 Å². The monoisotopic (exact) mass is 347 g/mol. The molecule has 4 rings (SSSR count). The third kappa shape index (κ3) is 3.67. The van der Waals surface area contributed by atoms with Crippen molar-refractivity contribution < 1.29 is 9.90 Å². The molecule has 1 saturated carbocycles. The van der Waals surface area contributed by atoms with Crippen LogP contribution in [0, 0.1) is 12.8 Å². The Balaban J connectivity index is 1.70. The zero-order chi connectivity index (χ0) is 18.1. The fraction of sp³-hybridized carbons (Fsp3) is 0.286. The summed E-state index contributed by atoms with van der Waals surface area (Å²) in [5.74, 6) is -0.217. The van der Waals surface area contributed by atoms with E-state index >= 15 is 0 Å².